The van der Waals surface area contributed by atoms with Gasteiger partial charge in [0.1, 0.15) is 5.69 Å². The third-order valence-corrected chi connectivity index (χ3v) is 4.32. The molecule has 0 aliphatic carbocycles. The van der Waals surface area contributed by atoms with Gasteiger partial charge in [0.25, 0.3) is 0 Å². The molecule has 0 fully saturated rings. The second-order valence-corrected chi connectivity index (χ2v) is 6.14. The van der Waals surface area contributed by atoms with E-state index in [-0.39, 0.29) is 4.77 Å². The van der Waals surface area contributed by atoms with Gasteiger partial charge in [-0.1, -0.05) is 12.1 Å². The summed E-state index contributed by atoms with van der Waals surface area (Å²) in [6.07, 6.45) is -4.04. The Kier molecular flexibility index (Phi) is 5.22. The van der Waals surface area contributed by atoms with Gasteiger partial charge in [0.15, 0.2) is 11.5 Å². The fourth-order valence-corrected chi connectivity index (χ4v) is 3.03. The molecule has 27 heavy (non-hydrogen) atoms. The first-order valence-corrected chi connectivity index (χ1v) is 8.34. The van der Waals surface area contributed by atoms with Crippen molar-refractivity contribution < 1.29 is 27.2 Å². The molecule has 1 aromatic heterocycles. The second-order valence-electron chi connectivity index (χ2n) is 5.75. The summed E-state index contributed by atoms with van der Waals surface area (Å²) >= 11 is 5.25. The molecule has 142 valence electrons. The van der Waals surface area contributed by atoms with E-state index in [1.54, 1.807) is 29.9 Å². The quantitative estimate of drug-likeness (QED) is 0.507. The fraction of sp³-hybridized carbons (Fsp3) is 0.222. The zero-order chi connectivity index (χ0) is 19.6. The molecule has 0 saturated carbocycles. The van der Waals surface area contributed by atoms with Crippen LogP contribution in [0, 0.1) is 4.77 Å². The van der Waals surface area contributed by atoms with Crippen LogP contribution in [0.4, 0.5) is 13.2 Å². The van der Waals surface area contributed by atoms with Crippen molar-refractivity contribution in [2.45, 2.75) is 12.6 Å². The van der Waals surface area contributed by atoms with Gasteiger partial charge in [-0.15, -0.1) is 5.10 Å². The standard InChI is InChI=1S/C18H16F3N3O2S/c1-25-14-7-6-11(8-15(14)26-2)9-16-22-23-17(27)24(16)13-5-3-4-12(10-13)18(19,20)21/h3-8,10H,9H2,1-2H3,(H,23,27)/p+1. The Hall–Kier alpha value is -2.81. The smallest absolute Gasteiger partial charge is 0.416 e. The maximum absolute atomic E-state index is 13.0. The summed E-state index contributed by atoms with van der Waals surface area (Å²) in [7, 11) is 3.08. The molecule has 0 aliphatic rings. The van der Waals surface area contributed by atoms with E-state index < -0.39 is 11.7 Å². The van der Waals surface area contributed by atoms with E-state index in [4.69, 9.17) is 21.7 Å². The molecule has 0 amide bonds. The van der Waals surface area contributed by atoms with Gasteiger partial charge in [-0.2, -0.15) is 22.8 Å². The number of rotatable bonds is 5. The van der Waals surface area contributed by atoms with Crippen molar-refractivity contribution in [1.29, 1.82) is 0 Å². The highest BCUT2D eigenvalue weighted by atomic mass is 32.1. The molecule has 9 heteroatoms. The summed E-state index contributed by atoms with van der Waals surface area (Å²) in [5.41, 5.74) is 0.460. The Bertz CT molecular complexity index is 1010. The molecule has 0 aliphatic heterocycles. The summed E-state index contributed by atoms with van der Waals surface area (Å²) < 4.78 is 51.4. The molecule has 0 radical (unpaired) electrons. The number of alkyl halides is 3. The lowest BCUT2D eigenvalue weighted by Crippen LogP contribution is -2.35. The normalized spacial score (nSPS) is 11.4. The molecule has 2 aromatic carbocycles. The van der Waals surface area contributed by atoms with Gasteiger partial charge in [-0.05, 0) is 48.1 Å². The van der Waals surface area contributed by atoms with Crippen LogP contribution in [0.25, 0.3) is 5.69 Å². The van der Waals surface area contributed by atoms with Crippen molar-refractivity contribution in [3.05, 3.63) is 64.2 Å². The van der Waals surface area contributed by atoms with Crippen LogP contribution in [0.3, 0.4) is 0 Å². The SMILES string of the molecule is COc1ccc(Cc2[nH][nH]c(=S)[n+]2-c2cccc(C(F)(F)F)c2)cc1OC. The molecule has 0 bridgehead atoms. The van der Waals surface area contributed by atoms with Gasteiger partial charge in [0.05, 0.1) is 26.2 Å². The Morgan fingerprint density at radius 1 is 1.00 bits per heavy atom. The minimum atomic E-state index is -4.43. The number of methoxy groups -OCH3 is 2. The van der Waals surface area contributed by atoms with Gasteiger partial charge < -0.3 is 9.47 Å². The Balaban J connectivity index is 2.00. The molecule has 0 unspecified atom stereocenters. The van der Waals surface area contributed by atoms with Crippen LogP contribution in [0.15, 0.2) is 42.5 Å². The van der Waals surface area contributed by atoms with Gasteiger partial charge in [0.2, 0.25) is 5.82 Å². The first-order valence-electron chi connectivity index (χ1n) is 7.93. The number of nitrogens with one attached hydrogen (secondary N) is 2. The topological polar surface area (TPSA) is 53.9 Å². The van der Waals surface area contributed by atoms with Crippen molar-refractivity contribution in [2.24, 2.45) is 0 Å². The maximum atomic E-state index is 13.0. The Labute approximate surface area is 158 Å². The molecular formula is C18H17F3N3O2S+. The monoisotopic (exact) mass is 396 g/mol. The number of nitrogens with zero attached hydrogens (tertiary/aromatic N) is 1. The van der Waals surface area contributed by atoms with Gasteiger partial charge in [0, 0.05) is 0 Å². The number of benzene rings is 2. The zero-order valence-electron chi connectivity index (χ0n) is 14.6. The lowest BCUT2D eigenvalue weighted by atomic mass is 10.1. The van der Waals surface area contributed by atoms with Crippen LogP contribution in [0.1, 0.15) is 17.0 Å². The highest BCUT2D eigenvalue weighted by molar-refractivity contribution is 7.71. The molecule has 0 saturated heterocycles. The van der Waals surface area contributed by atoms with Gasteiger partial charge in [-0.25, -0.2) is 0 Å². The largest absolute Gasteiger partial charge is 0.493 e. The molecular weight excluding hydrogens is 379 g/mol. The van der Waals surface area contributed by atoms with E-state index in [1.165, 1.54) is 13.2 Å². The molecule has 5 nitrogen and oxygen atoms in total. The first-order chi connectivity index (χ1) is 12.8. The van der Waals surface area contributed by atoms with Crippen LogP contribution in [-0.4, -0.2) is 24.4 Å². The Morgan fingerprint density at radius 2 is 1.74 bits per heavy atom. The lowest BCUT2D eigenvalue weighted by molar-refractivity contribution is -0.611. The summed E-state index contributed by atoms with van der Waals surface area (Å²) in [5.74, 6) is 1.76. The van der Waals surface area contributed by atoms with E-state index in [0.717, 1.165) is 17.7 Å². The summed E-state index contributed by atoms with van der Waals surface area (Å²) in [4.78, 5) is 0. The molecule has 0 atom stereocenters. The minimum Gasteiger partial charge on any atom is -0.493 e. The predicted octanol–water partition coefficient (Wildman–Crippen LogP) is 3.98. The average Bonchev–Trinajstić information content (AvgIpc) is 3.01. The molecule has 3 rings (SSSR count). The van der Waals surface area contributed by atoms with E-state index >= 15 is 0 Å². The van der Waals surface area contributed by atoms with Crippen LogP contribution in [-0.2, 0) is 12.6 Å². The fourth-order valence-electron chi connectivity index (χ4n) is 2.76. The van der Waals surface area contributed by atoms with Crippen LogP contribution in [0.2, 0.25) is 0 Å². The zero-order valence-corrected chi connectivity index (χ0v) is 15.4. The average molecular weight is 396 g/mol. The maximum Gasteiger partial charge on any atom is 0.416 e. The number of halogens is 3. The highest BCUT2D eigenvalue weighted by Gasteiger charge is 2.31. The van der Waals surface area contributed by atoms with Crippen molar-refractivity contribution in [3.8, 4) is 17.2 Å². The van der Waals surface area contributed by atoms with Crippen LogP contribution >= 0.6 is 12.2 Å². The first kappa shape index (κ1) is 19.0. The number of H-pyrrole nitrogens is 2. The van der Waals surface area contributed by atoms with Crippen molar-refractivity contribution in [3.63, 3.8) is 0 Å². The van der Waals surface area contributed by atoms with E-state index in [1.807, 2.05) is 6.07 Å². The van der Waals surface area contributed by atoms with Gasteiger partial charge >= 0.3 is 10.9 Å². The third-order valence-electron chi connectivity index (χ3n) is 4.04. The summed E-state index contributed by atoms with van der Waals surface area (Å²) in [5, 5.41) is 5.71. The number of aromatic nitrogens is 3. The highest BCUT2D eigenvalue weighted by Crippen LogP contribution is 2.30. The minimum absolute atomic E-state index is 0.268. The molecule has 2 N–H and O–H groups in total. The lowest BCUT2D eigenvalue weighted by Gasteiger charge is -2.10. The molecule has 3 aromatic rings. The van der Waals surface area contributed by atoms with E-state index in [9.17, 15) is 13.2 Å². The Morgan fingerprint density at radius 3 is 2.41 bits per heavy atom. The number of hydrogen-bond acceptors (Lipinski definition) is 3. The van der Waals surface area contributed by atoms with E-state index in [2.05, 4.69) is 10.2 Å². The van der Waals surface area contributed by atoms with Crippen molar-refractivity contribution >= 4 is 12.2 Å². The second kappa shape index (κ2) is 7.43. The predicted molar refractivity (Wildman–Crippen MR) is 94.9 cm³/mol. The third kappa shape index (κ3) is 3.97. The summed E-state index contributed by atoms with van der Waals surface area (Å²) in [6.45, 7) is 0. The number of ether oxygens (including phenoxy) is 2. The molecule has 1 heterocycles. The van der Waals surface area contributed by atoms with Crippen molar-refractivity contribution in [2.75, 3.05) is 14.2 Å². The summed E-state index contributed by atoms with van der Waals surface area (Å²) in [6, 6.07) is 10.4. The molecule has 0 spiro atoms. The number of hydrogen-bond donors (Lipinski definition) is 2. The van der Waals surface area contributed by atoms with Gasteiger partial charge in [-0.3, -0.25) is 0 Å². The van der Waals surface area contributed by atoms with Crippen molar-refractivity contribution in [1.82, 2.24) is 10.2 Å². The number of aromatic amines is 2. The van der Waals surface area contributed by atoms with E-state index in [0.29, 0.717) is 29.4 Å². The van der Waals surface area contributed by atoms with Crippen LogP contribution in [0.5, 0.6) is 11.5 Å². The van der Waals surface area contributed by atoms with Crippen LogP contribution < -0.4 is 14.0 Å².